The number of esters is 4. The van der Waals surface area contributed by atoms with Crippen molar-refractivity contribution in [2.45, 2.75) is 246 Å². The predicted molar refractivity (Wildman–Crippen MR) is 219 cm³/mol. The first kappa shape index (κ1) is 59.4. The summed E-state index contributed by atoms with van der Waals surface area (Å²) in [6.45, 7) is 9.59. The second-order valence-corrected chi connectivity index (χ2v) is 15.0. The SMILES string of the molecule is CCCCCCCCCCCCCCCC(=O)OC(C)C(=O)OC(C)C(=O)[O-].CCCCCCCCCCCCCCCC(=O)OC(C)C(=O)OC(C)C(=O)[O-].[Ca+2]. The van der Waals surface area contributed by atoms with E-state index in [0.29, 0.717) is 0 Å². The molecule has 0 aliphatic heterocycles. The number of carbonyl (C=O) groups excluding carboxylic acids is 6. The molecule has 0 aromatic heterocycles. The van der Waals surface area contributed by atoms with E-state index in [4.69, 9.17) is 9.47 Å². The molecule has 0 aliphatic rings. The summed E-state index contributed by atoms with van der Waals surface area (Å²) in [5.74, 6) is -5.66. The van der Waals surface area contributed by atoms with Gasteiger partial charge >= 0.3 is 61.6 Å². The topological polar surface area (TPSA) is 185 Å². The molecular weight excluding hydrogens is 761 g/mol. The molecule has 0 bridgehead atoms. The van der Waals surface area contributed by atoms with Gasteiger partial charge in [-0.1, -0.05) is 168 Å². The van der Waals surface area contributed by atoms with Gasteiger partial charge in [0.25, 0.3) is 0 Å². The molecule has 0 saturated heterocycles. The maximum Gasteiger partial charge on any atom is 2.00 e. The fourth-order valence-corrected chi connectivity index (χ4v) is 5.82. The van der Waals surface area contributed by atoms with Gasteiger partial charge in [-0.15, -0.1) is 0 Å². The minimum Gasteiger partial charge on any atom is -0.546 e. The molecule has 0 aliphatic carbocycles. The van der Waals surface area contributed by atoms with E-state index in [2.05, 4.69) is 23.3 Å². The number of carbonyl (C=O) groups is 6. The van der Waals surface area contributed by atoms with Gasteiger partial charge in [-0.2, -0.15) is 0 Å². The van der Waals surface area contributed by atoms with Crippen molar-refractivity contribution in [1.29, 1.82) is 0 Å². The zero-order valence-electron chi connectivity index (χ0n) is 36.7. The van der Waals surface area contributed by atoms with Crippen LogP contribution in [-0.4, -0.2) is 98.0 Å². The third-order valence-corrected chi connectivity index (χ3v) is 9.50. The number of unbranched alkanes of at least 4 members (excludes halogenated alkanes) is 24. The molecule has 0 aromatic carbocycles. The Labute approximate surface area is 375 Å². The van der Waals surface area contributed by atoms with E-state index in [1.165, 1.54) is 156 Å². The first-order valence-corrected chi connectivity index (χ1v) is 22.0. The Morgan fingerprint density at radius 1 is 0.351 bits per heavy atom. The number of ether oxygens (including phenoxy) is 4. The Hall–Kier alpha value is -1.92. The van der Waals surface area contributed by atoms with Gasteiger partial charge in [0.2, 0.25) is 0 Å². The molecule has 0 fully saturated rings. The first-order chi connectivity index (χ1) is 26.8. The minimum atomic E-state index is -1.49. The molecule has 57 heavy (non-hydrogen) atoms. The molecule has 0 radical (unpaired) electrons. The molecule has 0 saturated carbocycles. The summed E-state index contributed by atoms with van der Waals surface area (Å²) in [5, 5.41) is 21.1. The van der Waals surface area contributed by atoms with Crippen molar-refractivity contribution in [1.82, 2.24) is 0 Å². The summed E-state index contributed by atoms with van der Waals surface area (Å²) in [4.78, 5) is 67.7. The molecule has 328 valence electrons. The van der Waals surface area contributed by atoms with Crippen molar-refractivity contribution in [2.24, 2.45) is 0 Å². The van der Waals surface area contributed by atoms with Crippen molar-refractivity contribution in [2.75, 3.05) is 0 Å². The molecule has 0 heterocycles. The summed E-state index contributed by atoms with van der Waals surface area (Å²) in [7, 11) is 0. The zero-order valence-corrected chi connectivity index (χ0v) is 38.9. The summed E-state index contributed by atoms with van der Waals surface area (Å²) in [6.07, 6.45) is 27.5. The van der Waals surface area contributed by atoms with Crippen LogP contribution in [0, 0.1) is 0 Å². The van der Waals surface area contributed by atoms with Gasteiger partial charge in [0, 0.05) is 12.8 Å². The van der Waals surface area contributed by atoms with Crippen LogP contribution in [0.15, 0.2) is 0 Å². The predicted octanol–water partition coefficient (Wildman–Crippen LogP) is 7.78. The second-order valence-electron chi connectivity index (χ2n) is 15.0. The fourth-order valence-electron chi connectivity index (χ4n) is 5.82. The van der Waals surface area contributed by atoms with Gasteiger partial charge in [0.15, 0.2) is 12.2 Å². The molecule has 0 aromatic rings. The van der Waals surface area contributed by atoms with Crippen LogP contribution in [0.1, 0.15) is 221 Å². The average molecular weight is 839 g/mol. The van der Waals surface area contributed by atoms with Gasteiger partial charge < -0.3 is 38.7 Å². The van der Waals surface area contributed by atoms with Gasteiger partial charge in [0.05, 0.1) is 11.9 Å². The van der Waals surface area contributed by atoms with Crippen LogP contribution in [0.2, 0.25) is 0 Å². The normalized spacial score (nSPS) is 12.7. The molecule has 0 spiro atoms. The quantitative estimate of drug-likeness (QED) is 0.0259. The molecule has 12 nitrogen and oxygen atoms in total. The molecule has 13 heteroatoms. The third kappa shape index (κ3) is 40.6. The number of carboxylic acids is 2. The van der Waals surface area contributed by atoms with Crippen LogP contribution in [0.4, 0.5) is 0 Å². The van der Waals surface area contributed by atoms with Crippen molar-refractivity contribution in [3.8, 4) is 0 Å². The van der Waals surface area contributed by atoms with E-state index >= 15 is 0 Å². The van der Waals surface area contributed by atoms with Crippen LogP contribution >= 0.6 is 0 Å². The smallest absolute Gasteiger partial charge is 0.546 e. The fraction of sp³-hybridized carbons (Fsp3) is 0.864. The Morgan fingerprint density at radius 2 is 0.561 bits per heavy atom. The van der Waals surface area contributed by atoms with Gasteiger partial charge in [0.1, 0.15) is 12.2 Å². The van der Waals surface area contributed by atoms with E-state index in [-0.39, 0.29) is 50.6 Å². The Morgan fingerprint density at radius 3 is 0.772 bits per heavy atom. The standard InChI is InChI=1S/2C22H40O6.Ca/c2*1-4-5-6-7-8-9-10-11-12-13-14-15-16-17-20(23)27-19(3)22(26)28-18(2)21(24)25;/h2*18-19H,4-17H2,1-3H3,(H,24,25);/q;;+2/p-2. The minimum absolute atomic E-state index is 0. The summed E-state index contributed by atoms with van der Waals surface area (Å²) < 4.78 is 19.2. The van der Waals surface area contributed by atoms with Crippen LogP contribution in [-0.2, 0) is 47.7 Å². The Bertz CT molecular complexity index is 957. The van der Waals surface area contributed by atoms with Crippen molar-refractivity contribution >= 4 is 73.6 Å². The molecule has 4 unspecified atom stereocenters. The van der Waals surface area contributed by atoms with E-state index in [0.717, 1.165) is 38.5 Å². The molecule has 4 atom stereocenters. The first-order valence-electron chi connectivity index (χ1n) is 22.0. The van der Waals surface area contributed by atoms with Crippen LogP contribution in [0.25, 0.3) is 0 Å². The van der Waals surface area contributed by atoms with Crippen molar-refractivity contribution < 1.29 is 57.9 Å². The number of rotatable bonds is 36. The van der Waals surface area contributed by atoms with Gasteiger partial charge in [-0.05, 0) is 40.5 Å². The molecule has 0 amide bonds. The number of aliphatic carboxylic acids is 2. The maximum absolute atomic E-state index is 11.7. The van der Waals surface area contributed by atoms with E-state index < -0.39 is 60.2 Å². The van der Waals surface area contributed by atoms with Crippen molar-refractivity contribution in [3.63, 3.8) is 0 Å². The van der Waals surface area contributed by atoms with Gasteiger partial charge in [-0.3, -0.25) is 9.59 Å². The van der Waals surface area contributed by atoms with Crippen LogP contribution < -0.4 is 10.2 Å². The average Bonchev–Trinajstić information content (AvgIpc) is 3.15. The van der Waals surface area contributed by atoms with Crippen LogP contribution in [0.3, 0.4) is 0 Å². The summed E-state index contributed by atoms with van der Waals surface area (Å²) in [6, 6.07) is 0. The third-order valence-electron chi connectivity index (χ3n) is 9.50. The molecular formula is C44H78CaO12. The van der Waals surface area contributed by atoms with E-state index in [9.17, 15) is 39.0 Å². The van der Waals surface area contributed by atoms with Crippen molar-refractivity contribution in [3.05, 3.63) is 0 Å². The number of hydrogen-bond donors (Lipinski definition) is 0. The molecule has 0 rings (SSSR count). The maximum atomic E-state index is 11.7. The van der Waals surface area contributed by atoms with Crippen LogP contribution in [0.5, 0.6) is 0 Å². The Kier molecular flexibility index (Phi) is 44.0. The van der Waals surface area contributed by atoms with Gasteiger partial charge in [-0.25, -0.2) is 9.59 Å². The number of hydrogen-bond acceptors (Lipinski definition) is 12. The monoisotopic (exact) mass is 839 g/mol. The second kappa shape index (κ2) is 42.2. The molecule has 0 N–H and O–H groups in total. The summed E-state index contributed by atoms with van der Waals surface area (Å²) >= 11 is 0. The Balaban J connectivity index is -0.00000101. The number of carboxylic acid groups (broad SMARTS) is 2. The zero-order chi connectivity index (χ0) is 42.4. The summed E-state index contributed by atoms with van der Waals surface area (Å²) in [5.41, 5.74) is 0. The van der Waals surface area contributed by atoms with E-state index in [1.54, 1.807) is 0 Å². The largest absolute Gasteiger partial charge is 2.00 e. The van der Waals surface area contributed by atoms with E-state index in [1.807, 2.05) is 0 Å².